The van der Waals surface area contributed by atoms with Crippen LogP contribution in [-0.4, -0.2) is 34.9 Å². The summed E-state index contributed by atoms with van der Waals surface area (Å²) in [6.07, 6.45) is 0. The summed E-state index contributed by atoms with van der Waals surface area (Å²) in [4.78, 5) is 13.3. The lowest BCUT2D eigenvalue weighted by Gasteiger charge is -2.17. The van der Waals surface area contributed by atoms with Crippen molar-refractivity contribution in [3.63, 3.8) is 0 Å². The molecule has 1 rings (SSSR count). The maximum Gasteiger partial charge on any atom is 0.292 e. The quantitative estimate of drug-likeness (QED) is 0.720. The number of nitrogens with zero attached hydrogens (tertiary/aromatic N) is 2. The Kier molecular flexibility index (Phi) is 3.95. The van der Waals surface area contributed by atoms with E-state index < -0.39 is 0 Å². The fourth-order valence-corrected chi connectivity index (χ4v) is 1.33. The molecule has 1 aromatic heterocycles. The summed E-state index contributed by atoms with van der Waals surface area (Å²) in [6.45, 7) is 4.81. The van der Waals surface area contributed by atoms with Crippen molar-refractivity contribution in [1.82, 2.24) is 10.1 Å². The fraction of sp³-hybridized carbons (Fsp3) is 0.556. The molecule has 0 saturated heterocycles. The highest BCUT2D eigenvalue weighted by Crippen LogP contribution is 2.06. The minimum atomic E-state index is -0.159. The number of carbonyl (C=O) groups excluding carboxylic acids is 1. The number of halogens is 1. The van der Waals surface area contributed by atoms with Crippen LogP contribution in [0.25, 0.3) is 0 Å². The Morgan fingerprint density at radius 1 is 1.71 bits per heavy atom. The second-order valence-electron chi connectivity index (χ2n) is 2.91. The Hall–Kier alpha value is -1.03. The van der Waals surface area contributed by atoms with Gasteiger partial charge in [0, 0.05) is 25.0 Å². The number of amides is 1. The van der Waals surface area contributed by atoms with E-state index in [0.717, 1.165) is 0 Å². The van der Waals surface area contributed by atoms with Crippen LogP contribution in [0, 0.1) is 6.92 Å². The standard InChI is InChI=1S/C9H13ClN2O2/c1-3-12(5-4-10)9(13)8-6-7(2)11-14-8/h6H,3-5H2,1-2H3. The van der Waals surface area contributed by atoms with Gasteiger partial charge in [-0.25, -0.2) is 0 Å². The van der Waals surface area contributed by atoms with E-state index in [1.54, 1.807) is 17.9 Å². The average molecular weight is 217 g/mol. The van der Waals surface area contributed by atoms with Crippen molar-refractivity contribution in [3.8, 4) is 0 Å². The average Bonchev–Trinajstić information content (AvgIpc) is 2.60. The van der Waals surface area contributed by atoms with Crippen LogP contribution in [0.1, 0.15) is 23.2 Å². The molecule has 0 aliphatic heterocycles. The van der Waals surface area contributed by atoms with Gasteiger partial charge in [-0.1, -0.05) is 5.16 Å². The van der Waals surface area contributed by atoms with E-state index in [4.69, 9.17) is 16.1 Å². The van der Waals surface area contributed by atoms with Crippen molar-refractivity contribution < 1.29 is 9.32 Å². The van der Waals surface area contributed by atoms with Crippen LogP contribution >= 0.6 is 11.6 Å². The normalized spacial score (nSPS) is 10.2. The molecule has 0 aliphatic carbocycles. The summed E-state index contributed by atoms with van der Waals surface area (Å²) < 4.78 is 4.87. The smallest absolute Gasteiger partial charge is 0.292 e. The van der Waals surface area contributed by atoms with Gasteiger partial charge >= 0.3 is 0 Å². The SMILES string of the molecule is CCN(CCCl)C(=O)c1cc(C)no1. The van der Waals surface area contributed by atoms with Gasteiger partial charge in [0.15, 0.2) is 0 Å². The molecule has 14 heavy (non-hydrogen) atoms. The molecule has 0 fully saturated rings. The third-order valence-corrected chi connectivity index (χ3v) is 2.03. The van der Waals surface area contributed by atoms with Crippen molar-refractivity contribution in [1.29, 1.82) is 0 Å². The summed E-state index contributed by atoms with van der Waals surface area (Å²) in [6, 6.07) is 1.62. The Morgan fingerprint density at radius 2 is 2.43 bits per heavy atom. The van der Waals surface area contributed by atoms with E-state index in [-0.39, 0.29) is 11.7 Å². The van der Waals surface area contributed by atoms with Gasteiger partial charge in [-0.3, -0.25) is 4.79 Å². The molecule has 5 heteroatoms. The van der Waals surface area contributed by atoms with Crippen LogP contribution in [0.5, 0.6) is 0 Å². The van der Waals surface area contributed by atoms with Crippen molar-refractivity contribution in [2.45, 2.75) is 13.8 Å². The van der Waals surface area contributed by atoms with Crippen molar-refractivity contribution in [2.24, 2.45) is 0 Å². The van der Waals surface area contributed by atoms with E-state index in [2.05, 4.69) is 5.16 Å². The van der Waals surface area contributed by atoms with Crippen LogP contribution in [0.4, 0.5) is 0 Å². The minimum absolute atomic E-state index is 0.159. The van der Waals surface area contributed by atoms with Crippen molar-refractivity contribution >= 4 is 17.5 Å². The number of aromatic nitrogens is 1. The van der Waals surface area contributed by atoms with Gasteiger partial charge in [-0.15, -0.1) is 11.6 Å². The van der Waals surface area contributed by atoms with Crippen molar-refractivity contribution in [3.05, 3.63) is 17.5 Å². The molecular weight excluding hydrogens is 204 g/mol. The molecule has 0 atom stereocenters. The summed E-state index contributed by atoms with van der Waals surface area (Å²) in [5.41, 5.74) is 0.704. The highest BCUT2D eigenvalue weighted by molar-refractivity contribution is 6.18. The van der Waals surface area contributed by atoms with E-state index in [1.807, 2.05) is 6.92 Å². The first-order chi connectivity index (χ1) is 6.69. The number of hydrogen-bond donors (Lipinski definition) is 0. The predicted octanol–water partition coefficient (Wildman–Crippen LogP) is 1.68. The first-order valence-corrected chi connectivity index (χ1v) is 5.01. The molecule has 1 amide bonds. The maximum atomic E-state index is 11.7. The van der Waals surface area contributed by atoms with E-state index in [9.17, 15) is 4.79 Å². The number of rotatable bonds is 4. The van der Waals surface area contributed by atoms with Crippen LogP contribution < -0.4 is 0 Å². The summed E-state index contributed by atoms with van der Waals surface area (Å²) in [7, 11) is 0. The third-order valence-electron chi connectivity index (χ3n) is 1.86. The Balaban J connectivity index is 2.72. The molecule has 4 nitrogen and oxygen atoms in total. The molecule has 0 N–H and O–H groups in total. The van der Waals surface area contributed by atoms with Crippen LogP contribution in [0.2, 0.25) is 0 Å². The van der Waals surface area contributed by atoms with Crippen LogP contribution in [0.3, 0.4) is 0 Å². The lowest BCUT2D eigenvalue weighted by Crippen LogP contribution is -2.32. The van der Waals surface area contributed by atoms with Gasteiger partial charge < -0.3 is 9.42 Å². The molecule has 0 radical (unpaired) electrons. The summed E-state index contributed by atoms with van der Waals surface area (Å²) in [5, 5.41) is 3.66. The lowest BCUT2D eigenvalue weighted by atomic mass is 10.3. The topological polar surface area (TPSA) is 46.3 Å². The van der Waals surface area contributed by atoms with Gasteiger partial charge in [0.25, 0.3) is 5.91 Å². The summed E-state index contributed by atoms with van der Waals surface area (Å²) in [5.74, 6) is 0.537. The Bertz CT molecular complexity index is 312. The third kappa shape index (κ3) is 2.48. The lowest BCUT2D eigenvalue weighted by molar-refractivity contribution is 0.0732. The van der Waals surface area contributed by atoms with E-state index in [0.29, 0.717) is 24.7 Å². The Labute approximate surface area is 87.8 Å². The zero-order valence-electron chi connectivity index (χ0n) is 8.29. The molecule has 0 unspecified atom stereocenters. The van der Waals surface area contributed by atoms with Crippen LogP contribution in [0.15, 0.2) is 10.6 Å². The summed E-state index contributed by atoms with van der Waals surface area (Å²) >= 11 is 5.57. The molecule has 0 spiro atoms. The molecule has 0 saturated carbocycles. The highest BCUT2D eigenvalue weighted by atomic mass is 35.5. The van der Waals surface area contributed by atoms with Crippen LogP contribution in [-0.2, 0) is 0 Å². The van der Waals surface area contributed by atoms with Gasteiger partial charge in [0.05, 0.1) is 5.69 Å². The molecule has 1 aromatic rings. The first-order valence-electron chi connectivity index (χ1n) is 4.47. The number of hydrogen-bond acceptors (Lipinski definition) is 3. The fourth-order valence-electron chi connectivity index (χ4n) is 1.13. The van der Waals surface area contributed by atoms with Gasteiger partial charge in [-0.05, 0) is 13.8 Å². The van der Waals surface area contributed by atoms with Gasteiger partial charge in [0.2, 0.25) is 5.76 Å². The monoisotopic (exact) mass is 216 g/mol. The zero-order chi connectivity index (χ0) is 10.6. The second-order valence-corrected chi connectivity index (χ2v) is 3.28. The largest absolute Gasteiger partial charge is 0.351 e. The van der Waals surface area contributed by atoms with E-state index >= 15 is 0 Å². The molecular formula is C9H13ClN2O2. The zero-order valence-corrected chi connectivity index (χ0v) is 9.04. The second kappa shape index (κ2) is 5.00. The molecule has 78 valence electrons. The Morgan fingerprint density at radius 3 is 2.86 bits per heavy atom. The number of aryl methyl sites for hydroxylation is 1. The van der Waals surface area contributed by atoms with Gasteiger partial charge in [0.1, 0.15) is 0 Å². The molecule has 0 aromatic carbocycles. The highest BCUT2D eigenvalue weighted by Gasteiger charge is 2.17. The predicted molar refractivity (Wildman–Crippen MR) is 53.5 cm³/mol. The van der Waals surface area contributed by atoms with E-state index in [1.165, 1.54) is 0 Å². The molecule has 0 aliphatic rings. The number of carbonyl (C=O) groups is 1. The van der Waals surface area contributed by atoms with Gasteiger partial charge in [-0.2, -0.15) is 0 Å². The number of alkyl halides is 1. The minimum Gasteiger partial charge on any atom is -0.351 e. The first kappa shape index (κ1) is 11.0. The molecule has 1 heterocycles. The maximum absolute atomic E-state index is 11.7. The van der Waals surface area contributed by atoms with Crippen molar-refractivity contribution in [2.75, 3.05) is 19.0 Å². The molecule has 0 bridgehead atoms.